The van der Waals surface area contributed by atoms with Gasteiger partial charge in [0.15, 0.2) is 0 Å². The van der Waals surface area contributed by atoms with Crippen molar-refractivity contribution in [3.63, 3.8) is 0 Å². The SMILES string of the molecule is Cc1ccc(S(=O)(=O)N(CC(=O)Cl)c2ccccc2)cc1. The minimum Gasteiger partial charge on any atom is -0.279 e. The van der Waals surface area contributed by atoms with E-state index < -0.39 is 21.8 Å². The van der Waals surface area contributed by atoms with Crippen LogP contribution >= 0.6 is 11.6 Å². The molecule has 0 amide bonds. The van der Waals surface area contributed by atoms with Gasteiger partial charge < -0.3 is 0 Å². The molecule has 4 nitrogen and oxygen atoms in total. The average Bonchev–Trinajstić information content (AvgIpc) is 2.46. The van der Waals surface area contributed by atoms with Crippen LogP contribution < -0.4 is 4.31 Å². The Hall–Kier alpha value is -1.85. The molecule has 0 saturated heterocycles. The van der Waals surface area contributed by atoms with Crippen LogP contribution in [-0.2, 0) is 14.8 Å². The summed E-state index contributed by atoms with van der Waals surface area (Å²) < 4.78 is 26.4. The molecule has 0 aliphatic heterocycles. The number of carbonyl (C=O) groups is 1. The third-order valence-corrected chi connectivity index (χ3v) is 4.83. The van der Waals surface area contributed by atoms with Crippen LogP contribution in [0, 0.1) is 6.92 Å². The van der Waals surface area contributed by atoms with Crippen LogP contribution in [0.2, 0.25) is 0 Å². The number of nitrogens with zero attached hydrogens (tertiary/aromatic N) is 1. The van der Waals surface area contributed by atoms with Gasteiger partial charge in [0.1, 0.15) is 6.54 Å². The lowest BCUT2D eigenvalue weighted by Gasteiger charge is -2.22. The predicted octanol–water partition coefficient (Wildman–Crippen LogP) is 2.96. The summed E-state index contributed by atoms with van der Waals surface area (Å²) in [6.07, 6.45) is 0. The number of rotatable bonds is 5. The Morgan fingerprint density at radius 3 is 2.14 bits per heavy atom. The van der Waals surface area contributed by atoms with E-state index in [1.165, 1.54) is 12.1 Å². The summed E-state index contributed by atoms with van der Waals surface area (Å²) in [4.78, 5) is 11.3. The molecule has 0 bridgehead atoms. The van der Waals surface area contributed by atoms with E-state index >= 15 is 0 Å². The monoisotopic (exact) mass is 323 g/mol. The summed E-state index contributed by atoms with van der Waals surface area (Å²) in [5.41, 5.74) is 1.35. The Morgan fingerprint density at radius 2 is 1.62 bits per heavy atom. The Labute approximate surface area is 129 Å². The van der Waals surface area contributed by atoms with Gasteiger partial charge in [-0.1, -0.05) is 35.9 Å². The number of sulfonamides is 1. The fourth-order valence-electron chi connectivity index (χ4n) is 1.86. The lowest BCUT2D eigenvalue weighted by Crippen LogP contribution is -2.34. The second kappa shape index (κ2) is 6.28. The second-order valence-corrected chi connectivity index (χ2v) is 6.80. The molecule has 0 atom stereocenters. The maximum absolute atomic E-state index is 12.7. The van der Waals surface area contributed by atoms with Crippen LogP contribution in [0.3, 0.4) is 0 Å². The highest BCUT2D eigenvalue weighted by molar-refractivity contribution is 7.92. The maximum atomic E-state index is 12.7. The van der Waals surface area contributed by atoms with Crippen LogP contribution in [0.25, 0.3) is 0 Å². The van der Waals surface area contributed by atoms with Gasteiger partial charge in [0.05, 0.1) is 10.6 Å². The summed E-state index contributed by atoms with van der Waals surface area (Å²) >= 11 is 5.40. The van der Waals surface area contributed by atoms with E-state index in [1.807, 2.05) is 6.92 Å². The van der Waals surface area contributed by atoms with E-state index in [2.05, 4.69) is 0 Å². The minimum atomic E-state index is -3.84. The third-order valence-electron chi connectivity index (χ3n) is 2.92. The summed E-state index contributed by atoms with van der Waals surface area (Å²) in [6, 6.07) is 14.8. The number of carbonyl (C=O) groups excluding carboxylic acids is 1. The molecular formula is C15H14ClNO3S. The molecule has 0 aliphatic rings. The van der Waals surface area contributed by atoms with Crippen molar-refractivity contribution in [3.8, 4) is 0 Å². The predicted molar refractivity (Wildman–Crippen MR) is 83.0 cm³/mol. The van der Waals surface area contributed by atoms with Gasteiger partial charge in [0.2, 0.25) is 5.24 Å². The fraction of sp³-hybridized carbons (Fsp3) is 0.133. The van der Waals surface area contributed by atoms with Crippen LogP contribution in [0.4, 0.5) is 5.69 Å². The summed E-state index contributed by atoms with van der Waals surface area (Å²) in [6.45, 7) is 1.45. The molecule has 110 valence electrons. The van der Waals surface area contributed by atoms with Gasteiger partial charge in [-0.2, -0.15) is 0 Å². The molecule has 0 fully saturated rings. The normalized spacial score (nSPS) is 11.1. The van der Waals surface area contributed by atoms with Gasteiger partial charge in [-0.3, -0.25) is 9.10 Å². The molecule has 0 radical (unpaired) electrons. The van der Waals surface area contributed by atoms with Gasteiger partial charge in [-0.15, -0.1) is 0 Å². The van der Waals surface area contributed by atoms with Crippen molar-refractivity contribution in [2.45, 2.75) is 11.8 Å². The number of hydrogen-bond acceptors (Lipinski definition) is 3. The number of aryl methyl sites for hydroxylation is 1. The highest BCUT2D eigenvalue weighted by Crippen LogP contribution is 2.23. The van der Waals surface area contributed by atoms with Crippen molar-refractivity contribution >= 4 is 32.6 Å². The standard InChI is InChI=1S/C15H14ClNO3S/c1-12-7-9-14(10-8-12)21(19,20)17(11-15(16)18)13-5-3-2-4-6-13/h2-10H,11H2,1H3. The third kappa shape index (κ3) is 3.62. The molecule has 0 aromatic heterocycles. The van der Waals surface area contributed by atoms with E-state index in [0.29, 0.717) is 5.69 Å². The van der Waals surface area contributed by atoms with E-state index in [9.17, 15) is 13.2 Å². The molecule has 21 heavy (non-hydrogen) atoms. The fourth-order valence-corrected chi connectivity index (χ4v) is 3.47. The lowest BCUT2D eigenvalue weighted by molar-refractivity contribution is -0.110. The zero-order chi connectivity index (χ0) is 15.5. The molecule has 0 saturated carbocycles. The van der Waals surface area contributed by atoms with Crippen LogP contribution in [0.1, 0.15) is 5.56 Å². The topological polar surface area (TPSA) is 54.5 Å². The van der Waals surface area contributed by atoms with Crippen molar-refractivity contribution < 1.29 is 13.2 Å². The Bertz CT molecular complexity index is 727. The van der Waals surface area contributed by atoms with Gasteiger partial charge in [0, 0.05) is 0 Å². The van der Waals surface area contributed by atoms with E-state index in [4.69, 9.17) is 11.6 Å². The smallest absolute Gasteiger partial charge is 0.264 e. The zero-order valence-corrected chi connectivity index (χ0v) is 12.9. The number of para-hydroxylation sites is 1. The van der Waals surface area contributed by atoms with Crippen molar-refractivity contribution in [1.29, 1.82) is 0 Å². The lowest BCUT2D eigenvalue weighted by atomic mass is 10.2. The van der Waals surface area contributed by atoms with Crippen LogP contribution in [0.15, 0.2) is 59.5 Å². The molecule has 0 unspecified atom stereocenters. The summed E-state index contributed by atoms with van der Waals surface area (Å²) in [7, 11) is -3.84. The van der Waals surface area contributed by atoms with Crippen LogP contribution in [-0.4, -0.2) is 20.2 Å². The Morgan fingerprint density at radius 1 is 1.05 bits per heavy atom. The number of halogens is 1. The summed E-state index contributed by atoms with van der Waals surface area (Å²) in [5.74, 6) is 0. The molecule has 2 aromatic rings. The van der Waals surface area contributed by atoms with Crippen LogP contribution in [0.5, 0.6) is 0 Å². The van der Waals surface area contributed by atoms with E-state index in [0.717, 1.165) is 9.87 Å². The van der Waals surface area contributed by atoms with Crippen molar-refractivity contribution in [2.75, 3.05) is 10.8 Å². The molecule has 0 aliphatic carbocycles. The Kier molecular flexibility index (Phi) is 4.65. The molecule has 0 heterocycles. The maximum Gasteiger partial charge on any atom is 0.264 e. The average molecular weight is 324 g/mol. The van der Waals surface area contributed by atoms with Crippen molar-refractivity contribution in [2.24, 2.45) is 0 Å². The zero-order valence-electron chi connectivity index (χ0n) is 11.4. The highest BCUT2D eigenvalue weighted by atomic mass is 35.5. The molecule has 2 aromatic carbocycles. The van der Waals surface area contributed by atoms with E-state index in [-0.39, 0.29) is 4.90 Å². The second-order valence-electron chi connectivity index (χ2n) is 4.52. The first kappa shape index (κ1) is 15.5. The highest BCUT2D eigenvalue weighted by Gasteiger charge is 2.26. The molecule has 0 spiro atoms. The molecule has 6 heteroatoms. The molecule has 2 rings (SSSR count). The van der Waals surface area contributed by atoms with Gasteiger partial charge in [0.25, 0.3) is 10.0 Å². The summed E-state index contributed by atoms with van der Waals surface area (Å²) in [5, 5.41) is -0.741. The quantitative estimate of drug-likeness (QED) is 0.795. The largest absolute Gasteiger partial charge is 0.279 e. The first-order chi connectivity index (χ1) is 9.91. The number of hydrogen-bond donors (Lipinski definition) is 0. The van der Waals surface area contributed by atoms with Crippen molar-refractivity contribution in [3.05, 3.63) is 60.2 Å². The number of benzene rings is 2. The van der Waals surface area contributed by atoms with E-state index in [1.54, 1.807) is 42.5 Å². The van der Waals surface area contributed by atoms with Gasteiger partial charge in [-0.05, 0) is 42.8 Å². The molecular weight excluding hydrogens is 310 g/mol. The first-order valence-electron chi connectivity index (χ1n) is 6.24. The van der Waals surface area contributed by atoms with Crippen molar-refractivity contribution in [1.82, 2.24) is 0 Å². The Balaban J connectivity index is 2.49. The minimum absolute atomic E-state index is 0.120. The first-order valence-corrected chi connectivity index (χ1v) is 8.06. The molecule has 0 N–H and O–H groups in total. The van der Waals surface area contributed by atoms with Gasteiger partial charge in [-0.25, -0.2) is 8.42 Å². The number of anilines is 1. The van der Waals surface area contributed by atoms with Gasteiger partial charge >= 0.3 is 0 Å².